The fourth-order valence-electron chi connectivity index (χ4n) is 4.03. The highest BCUT2D eigenvalue weighted by molar-refractivity contribution is 7.13. The van der Waals surface area contributed by atoms with E-state index in [0.717, 1.165) is 34.6 Å². The number of halogens is 3. The van der Waals surface area contributed by atoms with Crippen molar-refractivity contribution >= 4 is 17.2 Å². The zero-order chi connectivity index (χ0) is 25.5. The molecule has 2 aromatic carbocycles. The van der Waals surface area contributed by atoms with Crippen LogP contribution >= 0.6 is 11.3 Å². The Balaban J connectivity index is 0.000000169. The van der Waals surface area contributed by atoms with Crippen molar-refractivity contribution in [1.29, 1.82) is 0 Å². The summed E-state index contributed by atoms with van der Waals surface area (Å²) in [4.78, 5) is 16.8. The van der Waals surface area contributed by atoms with E-state index in [1.807, 2.05) is 6.07 Å². The van der Waals surface area contributed by atoms with Gasteiger partial charge in [-0.05, 0) is 87.3 Å². The number of benzene rings is 2. The molecule has 2 aliphatic rings. The van der Waals surface area contributed by atoms with E-state index in [4.69, 9.17) is 9.47 Å². The van der Waals surface area contributed by atoms with Crippen LogP contribution in [0.5, 0.6) is 11.5 Å². The van der Waals surface area contributed by atoms with Crippen molar-refractivity contribution < 1.29 is 27.4 Å². The quantitative estimate of drug-likeness (QED) is 0.475. The van der Waals surface area contributed by atoms with Crippen molar-refractivity contribution in [2.75, 3.05) is 32.8 Å². The number of aryl methyl sites for hydroxylation is 1. The van der Waals surface area contributed by atoms with Crippen molar-refractivity contribution in [2.45, 2.75) is 31.6 Å². The molecule has 5 rings (SSSR count). The third kappa shape index (κ3) is 6.55. The number of thiazole rings is 1. The first-order valence-corrected chi connectivity index (χ1v) is 12.7. The van der Waals surface area contributed by atoms with Gasteiger partial charge in [-0.2, -0.15) is 8.78 Å². The van der Waals surface area contributed by atoms with Crippen LogP contribution in [0.2, 0.25) is 0 Å². The summed E-state index contributed by atoms with van der Waals surface area (Å²) in [5.41, 5.74) is 5.75. The molecule has 192 valence electrons. The van der Waals surface area contributed by atoms with Crippen molar-refractivity contribution in [2.24, 2.45) is 5.73 Å². The van der Waals surface area contributed by atoms with E-state index in [2.05, 4.69) is 27.8 Å². The Labute approximate surface area is 211 Å². The van der Waals surface area contributed by atoms with E-state index < -0.39 is 23.3 Å². The maximum absolute atomic E-state index is 13.3. The summed E-state index contributed by atoms with van der Waals surface area (Å²) >= 11 is 0.931. The second-order valence-corrected chi connectivity index (χ2v) is 9.47. The number of ether oxygens (including phenoxy) is 2. The second-order valence-electron chi connectivity index (χ2n) is 8.61. The molecule has 0 spiro atoms. The molecule has 10 heteroatoms. The molecule has 0 saturated carbocycles. The fraction of sp³-hybridized carbons (Fsp3) is 0.385. The third-order valence-electron chi connectivity index (χ3n) is 5.97. The van der Waals surface area contributed by atoms with Crippen molar-refractivity contribution in [3.63, 3.8) is 0 Å². The number of carbonyl (C=O) groups excluding carboxylic acids is 1. The number of hydrogen-bond donors (Lipinski definition) is 1. The first-order valence-electron chi connectivity index (χ1n) is 11.8. The molecule has 36 heavy (non-hydrogen) atoms. The normalized spacial score (nSPS) is 15.3. The van der Waals surface area contributed by atoms with E-state index in [9.17, 15) is 18.0 Å². The van der Waals surface area contributed by atoms with Gasteiger partial charge in [-0.15, -0.1) is 11.3 Å². The van der Waals surface area contributed by atoms with Crippen LogP contribution in [0.4, 0.5) is 13.2 Å². The van der Waals surface area contributed by atoms with Gasteiger partial charge < -0.3 is 20.1 Å². The summed E-state index contributed by atoms with van der Waals surface area (Å²) in [6.07, 6.45) is 5.13. The third-order valence-corrected chi connectivity index (χ3v) is 6.86. The Bertz CT molecular complexity index is 1160. The fourth-order valence-corrected chi connectivity index (χ4v) is 4.87. The smallest absolute Gasteiger partial charge is 0.366 e. The average molecular weight is 520 g/mol. The molecule has 1 amide bonds. The predicted molar refractivity (Wildman–Crippen MR) is 132 cm³/mol. The lowest BCUT2D eigenvalue weighted by atomic mass is 10.1. The molecule has 2 aliphatic heterocycles. The van der Waals surface area contributed by atoms with Gasteiger partial charge in [0.15, 0.2) is 11.5 Å². The lowest BCUT2D eigenvalue weighted by molar-refractivity contribution is -0.143. The second kappa shape index (κ2) is 11.7. The van der Waals surface area contributed by atoms with Crippen LogP contribution in [0.25, 0.3) is 10.6 Å². The van der Waals surface area contributed by atoms with Gasteiger partial charge in [0.1, 0.15) is 29.7 Å². The van der Waals surface area contributed by atoms with Crippen molar-refractivity contribution in [3.8, 4) is 22.1 Å². The Morgan fingerprint density at radius 1 is 1.06 bits per heavy atom. The minimum atomic E-state index is -3.80. The highest BCUT2D eigenvalue weighted by Crippen LogP contribution is 2.33. The number of aromatic nitrogens is 1. The Morgan fingerprint density at radius 2 is 1.75 bits per heavy atom. The molecule has 0 radical (unpaired) electrons. The van der Waals surface area contributed by atoms with Crippen LogP contribution in [-0.2, 0) is 17.1 Å². The summed E-state index contributed by atoms with van der Waals surface area (Å²) in [5.74, 6) is -4.17. The Hall–Kier alpha value is -3.11. The summed E-state index contributed by atoms with van der Waals surface area (Å²) in [7, 11) is 0. The van der Waals surface area contributed by atoms with Gasteiger partial charge in [0.25, 0.3) is 5.91 Å². The van der Waals surface area contributed by atoms with Crippen molar-refractivity contribution in [3.05, 3.63) is 64.9 Å². The number of hydrogen-bond acceptors (Lipinski definition) is 6. The van der Waals surface area contributed by atoms with E-state index >= 15 is 0 Å². The number of rotatable bonds is 7. The standard InChI is InChI=1S/C15H21NO2.C11H7F3N2OS/c1-2-8-16(7-1)9-3-4-13-5-6-14-15(12-13)18-11-10-17-14;12-7-3-1-6(2-4-7)9-16-8(5-18-9)11(13,14)10(15)17/h5-6,12H,1-4,7-11H2;1-5H,(H2,15,17). The molecule has 6 nitrogen and oxygen atoms in total. The summed E-state index contributed by atoms with van der Waals surface area (Å²) in [6, 6.07) is 11.6. The van der Waals surface area contributed by atoms with Crippen LogP contribution in [0.15, 0.2) is 47.8 Å². The van der Waals surface area contributed by atoms with Crippen LogP contribution in [0.3, 0.4) is 0 Å². The predicted octanol–water partition coefficient (Wildman–Crippen LogP) is 5.01. The number of primary amides is 1. The van der Waals surface area contributed by atoms with Crippen LogP contribution in [0, 0.1) is 5.82 Å². The zero-order valence-corrected chi connectivity index (χ0v) is 20.5. The van der Waals surface area contributed by atoms with Crippen molar-refractivity contribution in [1.82, 2.24) is 9.88 Å². The van der Waals surface area contributed by atoms with E-state index in [1.165, 1.54) is 68.7 Å². The van der Waals surface area contributed by atoms with Gasteiger partial charge in [-0.3, -0.25) is 4.79 Å². The molecule has 0 atom stereocenters. The van der Waals surface area contributed by atoms with E-state index in [0.29, 0.717) is 18.8 Å². The lowest BCUT2D eigenvalue weighted by Gasteiger charge is -2.19. The number of likely N-dealkylation sites (tertiary alicyclic amines) is 1. The summed E-state index contributed by atoms with van der Waals surface area (Å²) < 4.78 is 50.4. The molecule has 1 aromatic heterocycles. The van der Waals surface area contributed by atoms with Gasteiger partial charge in [-0.25, -0.2) is 9.37 Å². The SMILES string of the molecule is NC(=O)C(F)(F)c1csc(-c2ccc(F)cc2)n1.c1cc2c(cc1CCCN1CCCC1)OCCO2. The topological polar surface area (TPSA) is 77.7 Å². The summed E-state index contributed by atoms with van der Waals surface area (Å²) in [5, 5.41) is 1.33. The van der Waals surface area contributed by atoms with Gasteiger partial charge >= 0.3 is 5.92 Å². The highest BCUT2D eigenvalue weighted by atomic mass is 32.1. The maximum Gasteiger partial charge on any atom is 0.366 e. The molecular weight excluding hydrogens is 491 g/mol. The molecule has 2 N–H and O–H groups in total. The van der Waals surface area contributed by atoms with E-state index in [1.54, 1.807) is 0 Å². The average Bonchev–Trinajstić information content (AvgIpc) is 3.58. The van der Waals surface area contributed by atoms with E-state index in [-0.39, 0.29) is 5.01 Å². The zero-order valence-electron chi connectivity index (χ0n) is 19.7. The van der Waals surface area contributed by atoms with Gasteiger partial charge in [0.05, 0.1) is 0 Å². The molecule has 3 heterocycles. The van der Waals surface area contributed by atoms with Crippen LogP contribution in [0.1, 0.15) is 30.5 Å². The lowest BCUT2D eigenvalue weighted by Crippen LogP contribution is -2.33. The van der Waals surface area contributed by atoms with Crippen LogP contribution < -0.4 is 15.2 Å². The molecule has 0 bridgehead atoms. The first-order chi connectivity index (χ1) is 17.3. The summed E-state index contributed by atoms with van der Waals surface area (Å²) in [6.45, 7) is 5.16. The largest absolute Gasteiger partial charge is 0.486 e. The molecule has 3 aromatic rings. The number of alkyl halides is 2. The number of fused-ring (bicyclic) bond motifs is 1. The van der Waals surface area contributed by atoms with Gasteiger partial charge in [0, 0.05) is 10.9 Å². The first kappa shape index (κ1) is 26.0. The monoisotopic (exact) mass is 519 g/mol. The van der Waals surface area contributed by atoms with Gasteiger partial charge in [0.2, 0.25) is 0 Å². The van der Waals surface area contributed by atoms with Gasteiger partial charge in [-0.1, -0.05) is 6.07 Å². The molecule has 1 saturated heterocycles. The highest BCUT2D eigenvalue weighted by Gasteiger charge is 2.41. The maximum atomic E-state index is 13.3. The molecular formula is C26H28F3N3O3S. The van der Waals surface area contributed by atoms with Crippen LogP contribution in [-0.4, -0.2) is 48.6 Å². The Kier molecular flexibility index (Phi) is 8.48. The molecule has 1 fully saturated rings. The number of amides is 1. The Morgan fingerprint density at radius 3 is 2.44 bits per heavy atom. The number of nitrogens with two attached hydrogens (primary N) is 1. The molecule has 0 aliphatic carbocycles. The number of nitrogens with zero attached hydrogens (tertiary/aromatic N) is 2. The number of carbonyl (C=O) groups is 1. The minimum absolute atomic E-state index is 0.269. The minimum Gasteiger partial charge on any atom is -0.486 e. The molecule has 0 unspecified atom stereocenters.